The van der Waals surface area contributed by atoms with E-state index in [0.29, 0.717) is 0 Å². The van der Waals surface area contributed by atoms with E-state index >= 15 is 0 Å². The summed E-state index contributed by atoms with van der Waals surface area (Å²) in [6.45, 7) is 3.74. The first-order valence-electron chi connectivity index (χ1n) is 8.53. The number of carbonyl (C=O) groups excluding carboxylic acids is 1. The number of aryl methyl sites for hydroxylation is 1. The Bertz CT molecular complexity index is 891. The molecule has 2 aromatic carbocycles. The predicted molar refractivity (Wildman–Crippen MR) is 101 cm³/mol. The van der Waals surface area contributed by atoms with Crippen molar-refractivity contribution in [3.8, 4) is 11.8 Å². The number of allylic oxidation sites excluding steroid dienone is 1. The van der Waals surface area contributed by atoms with Crippen molar-refractivity contribution in [2.45, 2.75) is 19.8 Å². The summed E-state index contributed by atoms with van der Waals surface area (Å²) in [7, 11) is 3.34. The fourth-order valence-electron chi connectivity index (χ4n) is 3.40. The molecule has 4 nitrogen and oxygen atoms in total. The molecule has 132 valence electrons. The average Bonchev–Trinajstić information content (AvgIpc) is 2.67. The van der Waals surface area contributed by atoms with Crippen LogP contribution in [-0.2, 0) is 4.79 Å². The van der Waals surface area contributed by atoms with Crippen LogP contribution in [0.3, 0.4) is 0 Å². The summed E-state index contributed by atoms with van der Waals surface area (Å²) in [4.78, 5) is 14.7. The fourth-order valence-corrected chi connectivity index (χ4v) is 3.40. The zero-order chi connectivity index (χ0) is 18.9. The molecule has 2 unspecified atom stereocenters. The highest BCUT2D eigenvalue weighted by Gasteiger charge is 2.47. The van der Waals surface area contributed by atoms with Gasteiger partial charge < -0.3 is 9.64 Å². The summed E-state index contributed by atoms with van der Waals surface area (Å²) < 4.78 is 5.22. The molecule has 0 N–H and O–H groups in total. The predicted octanol–water partition coefficient (Wildman–Crippen LogP) is 4.13. The van der Waals surface area contributed by atoms with Crippen LogP contribution in [0, 0.1) is 23.7 Å². The second kappa shape index (κ2) is 6.68. The van der Waals surface area contributed by atoms with Crippen molar-refractivity contribution < 1.29 is 9.53 Å². The quantitative estimate of drug-likeness (QED) is 0.840. The lowest BCUT2D eigenvalue weighted by molar-refractivity contribution is -0.135. The van der Waals surface area contributed by atoms with E-state index in [0.717, 1.165) is 28.1 Å². The molecule has 0 bridgehead atoms. The van der Waals surface area contributed by atoms with Crippen LogP contribution in [0.1, 0.15) is 29.5 Å². The van der Waals surface area contributed by atoms with Crippen LogP contribution in [0.4, 0.5) is 0 Å². The smallest absolute Gasteiger partial charge is 0.247 e. The highest BCUT2D eigenvalue weighted by Crippen LogP contribution is 2.45. The number of hydrogen-bond acceptors (Lipinski definition) is 3. The van der Waals surface area contributed by atoms with Gasteiger partial charge in [-0.1, -0.05) is 48.0 Å². The van der Waals surface area contributed by atoms with E-state index in [9.17, 15) is 10.1 Å². The molecule has 0 fully saturated rings. The van der Waals surface area contributed by atoms with Gasteiger partial charge in [0.25, 0.3) is 0 Å². The maximum atomic E-state index is 13.1. The number of nitriles is 1. The van der Waals surface area contributed by atoms with E-state index in [-0.39, 0.29) is 11.8 Å². The first kappa shape index (κ1) is 17.8. The standard InChI is InChI=1S/C22H22N2O2/c1-15-5-7-17(8-6-15)20-13-19(16-9-11-18(26-4)12-10-16)22(2,14-23)21(25)24(20)3/h5-13,19H,1-4H3. The van der Waals surface area contributed by atoms with Crippen LogP contribution in [-0.4, -0.2) is 25.0 Å². The molecule has 0 saturated heterocycles. The molecule has 3 rings (SSSR count). The largest absolute Gasteiger partial charge is 0.497 e. The third-order valence-corrected chi connectivity index (χ3v) is 5.11. The Morgan fingerprint density at radius 1 is 1.12 bits per heavy atom. The topological polar surface area (TPSA) is 53.3 Å². The van der Waals surface area contributed by atoms with Gasteiger partial charge in [-0.3, -0.25) is 4.79 Å². The van der Waals surface area contributed by atoms with Crippen molar-refractivity contribution in [3.63, 3.8) is 0 Å². The van der Waals surface area contributed by atoms with E-state index in [1.54, 1.807) is 26.0 Å². The minimum Gasteiger partial charge on any atom is -0.497 e. The van der Waals surface area contributed by atoms with E-state index in [1.165, 1.54) is 0 Å². The highest BCUT2D eigenvalue weighted by atomic mass is 16.5. The Balaban J connectivity index is 2.14. The maximum absolute atomic E-state index is 13.1. The van der Waals surface area contributed by atoms with Gasteiger partial charge in [-0.05, 0) is 37.1 Å². The Kier molecular flexibility index (Phi) is 4.56. The monoisotopic (exact) mass is 346 g/mol. The molecular weight excluding hydrogens is 324 g/mol. The zero-order valence-corrected chi connectivity index (χ0v) is 15.5. The van der Waals surface area contributed by atoms with E-state index < -0.39 is 5.41 Å². The SMILES string of the molecule is COc1ccc(C2C=C(c3ccc(C)cc3)N(C)C(=O)C2(C)C#N)cc1. The van der Waals surface area contributed by atoms with Crippen LogP contribution in [0.15, 0.2) is 54.6 Å². The Morgan fingerprint density at radius 2 is 1.73 bits per heavy atom. The molecule has 0 saturated carbocycles. The third-order valence-electron chi connectivity index (χ3n) is 5.11. The van der Waals surface area contributed by atoms with Gasteiger partial charge in [0.1, 0.15) is 11.2 Å². The fraction of sp³-hybridized carbons (Fsp3) is 0.273. The molecule has 2 atom stereocenters. The number of rotatable bonds is 3. The minimum atomic E-state index is -1.16. The summed E-state index contributed by atoms with van der Waals surface area (Å²) in [5.74, 6) is 0.215. The number of hydrogen-bond donors (Lipinski definition) is 0. The summed E-state index contributed by atoms with van der Waals surface area (Å²) >= 11 is 0. The lowest BCUT2D eigenvalue weighted by Crippen LogP contribution is -2.45. The van der Waals surface area contributed by atoms with Gasteiger partial charge in [0.2, 0.25) is 5.91 Å². The van der Waals surface area contributed by atoms with Crippen molar-refractivity contribution in [1.29, 1.82) is 5.26 Å². The number of ether oxygens (including phenoxy) is 1. The Labute approximate surface area is 154 Å². The average molecular weight is 346 g/mol. The normalized spacial score (nSPS) is 22.6. The molecule has 0 spiro atoms. The van der Waals surface area contributed by atoms with E-state index in [1.807, 2.05) is 61.5 Å². The molecule has 4 heteroatoms. The Morgan fingerprint density at radius 3 is 2.27 bits per heavy atom. The van der Waals surface area contributed by atoms with Gasteiger partial charge in [0.15, 0.2) is 0 Å². The van der Waals surface area contributed by atoms with E-state index in [4.69, 9.17) is 4.74 Å². The van der Waals surface area contributed by atoms with Crippen molar-refractivity contribution in [3.05, 3.63) is 71.3 Å². The van der Waals surface area contributed by atoms with Gasteiger partial charge in [-0.25, -0.2) is 0 Å². The van der Waals surface area contributed by atoms with Crippen molar-refractivity contribution in [2.24, 2.45) is 5.41 Å². The zero-order valence-electron chi connectivity index (χ0n) is 15.5. The molecule has 1 heterocycles. The Hall–Kier alpha value is -3.06. The maximum Gasteiger partial charge on any atom is 0.247 e. The minimum absolute atomic E-state index is 0.195. The molecule has 0 aromatic heterocycles. The van der Waals surface area contributed by atoms with Crippen LogP contribution in [0.2, 0.25) is 0 Å². The van der Waals surface area contributed by atoms with Crippen molar-refractivity contribution in [2.75, 3.05) is 14.2 Å². The summed E-state index contributed by atoms with van der Waals surface area (Å²) in [6.07, 6.45) is 2.02. The summed E-state index contributed by atoms with van der Waals surface area (Å²) in [5.41, 5.74) is 2.71. The van der Waals surface area contributed by atoms with Crippen LogP contribution in [0.25, 0.3) is 5.70 Å². The second-order valence-electron chi connectivity index (χ2n) is 6.85. The van der Waals surface area contributed by atoms with Gasteiger partial charge >= 0.3 is 0 Å². The molecular formula is C22H22N2O2. The highest BCUT2D eigenvalue weighted by molar-refractivity contribution is 5.96. The molecule has 26 heavy (non-hydrogen) atoms. The number of amides is 1. The molecule has 0 radical (unpaired) electrons. The number of benzene rings is 2. The van der Waals surface area contributed by atoms with Gasteiger partial charge in [-0.15, -0.1) is 0 Å². The first-order valence-corrected chi connectivity index (χ1v) is 8.53. The third kappa shape index (κ3) is 2.86. The second-order valence-corrected chi connectivity index (χ2v) is 6.85. The van der Waals surface area contributed by atoms with Crippen molar-refractivity contribution >= 4 is 11.6 Å². The van der Waals surface area contributed by atoms with Crippen LogP contribution in [0.5, 0.6) is 5.75 Å². The molecule has 1 aliphatic rings. The van der Waals surface area contributed by atoms with Gasteiger partial charge in [0.05, 0.1) is 13.2 Å². The number of carbonyl (C=O) groups is 1. The number of methoxy groups -OCH3 is 1. The summed E-state index contributed by atoms with van der Waals surface area (Å²) in [5, 5.41) is 9.81. The van der Waals surface area contributed by atoms with Crippen LogP contribution < -0.4 is 4.74 Å². The lowest BCUT2D eigenvalue weighted by atomic mass is 9.70. The number of nitrogens with zero attached hydrogens (tertiary/aromatic N) is 2. The molecule has 2 aromatic rings. The van der Waals surface area contributed by atoms with Gasteiger partial charge in [-0.2, -0.15) is 5.26 Å². The molecule has 1 amide bonds. The van der Waals surface area contributed by atoms with E-state index in [2.05, 4.69) is 6.07 Å². The summed E-state index contributed by atoms with van der Waals surface area (Å²) in [6, 6.07) is 17.9. The van der Waals surface area contributed by atoms with Crippen LogP contribution >= 0.6 is 0 Å². The lowest BCUT2D eigenvalue weighted by Gasteiger charge is -2.39. The molecule has 1 aliphatic heterocycles. The van der Waals surface area contributed by atoms with Gasteiger partial charge in [0, 0.05) is 18.7 Å². The molecule has 0 aliphatic carbocycles. The van der Waals surface area contributed by atoms with Crippen molar-refractivity contribution in [1.82, 2.24) is 4.90 Å². The first-order chi connectivity index (χ1) is 12.4.